The summed E-state index contributed by atoms with van der Waals surface area (Å²) < 4.78 is 2.38. The van der Waals surface area contributed by atoms with Gasteiger partial charge < -0.3 is 14.5 Å². The second kappa shape index (κ2) is 12.8. The number of aromatic amines is 1. The van der Waals surface area contributed by atoms with Crippen molar-refractivity contribution >= 4 is 33.2 Å². The molecule has 0 radical (unpaired) electrons. The Morgan fingerprint density at radius 1 is 0.455 bits per heavy atom. The van der Waals surface area contributed by atoms with E-state index < -0.39 is 0 Å². The van der Waals surface area contributed by atoms with Crippen molar-refractivity contribution in [1.29, 1.82) is 0 Å². The fourth-order valence-electron chi connectivity index (χ4n) is 8.72. The quantitative estimate of drug-likeness (QED) is 0.187. The monoisotopic (exact) mass is 704 g/mol. The van der Waals surface area contributed by atoms with E-state index in [4.69, 9.17) is 4.98 Å². The highest BCUT2D eigenvalue weighted by Gasteiger charge is 2.37. The fourth-order valence-corrected chi connectivity index (χ4v) is 8.72. The fraction of sp³-hybridized carbons (Fsp3) is 0.0392. The number of nitrogens with zero attached hydrogens (tertiary/aromatic N) is 3. The largest absolute Gasteiger partial charge is 0.353 e. The standard InChI is InChI=1S/C51H36N4/c1-3-13-34(14-4-1)45-27-28-47(53-45)46-22-12-21-44(52-46)37-15-11-18-39(31-37)55-49-24-10-8-20-41(49)43-33-36(26-30-51(43)55)35-25-29-50-42(32-35)40-19-7-9-23-48(40)54(50)38-16-5-2-6-17-38/h1-33,41,49,53H. The maximum atomic E-state index is 5.14. The Hall–Kier alpha value is -7.17. The highest BCUT2D eigenvalue weighted by Crippen LogP contribution is 2.49. The first-order chi connectivity index (χ1) is 27.3. The Kier molecular flexibility index (Phi) is 7.27. The van der Waals surface area contributed by atoms with Crippen molar-refractivity contribution in [3.05, 3.63) is 206 Å². The molecule has 9 aromatic rings. The lowest BCUT2D eigenvalue weighted by molar-refractivity contribution is 0.745. The van der Waals surface area contributed by atoms with E-state index in [0.29, 0.717) is 0 Å². The number of fused-ring (bicyclic) bond motifs is 6. The molecule has 1 aliphatic carbocycles. The lowest BCUT2D eigenvalue weighted by atomic mass is 9.89. The molecule has 2 aliphatic rings. The molecule has 4 heteroatoms. The number of nitrogens with one attached hydrogen (secondary N) is 1. The van der Waals surface area contributed by atoms with Crippen LogP contribution in [0.25, 0.3) is 72.5 Å². The van der Waals surface area contributed by atoms with Crippen LogP contribution in [0.4, 0.5) is 11.4 Å². The van der Waals surface area contributed by atoms with Gasteiger partial charge in [-0.15, -0.1) is 0 Å². The molecule has 2 unspecified atom stereocenters. The van der Waals surface area contributed by atoms with Crippen LogP contribution in [0.5, 0.6) is 0 Å². The third kappa shape index (κ3) is 5.25. The van der Waals surface area contributed by atoms with Crippen LogP contribution in [0.1, 0.15) is 11.5 Å². The number of allylic oxidation sites excluding steroid dienone is 2. The lowest BCUT2D eigenvalue weighted by Gasteiger charge is -2.29. The minimum atomic E-state index is 0.187. The zero-order valence-electron chi connectivity index (χ0n) is 30.0. The van der Waals surface area contributed by atoms with Crippen LogP contribution in [0.15, 0.2) is 200 Å². The van der Waals surface area contributed by atoms with E-state index in [1.54, 1.807) is 0 Å². The Morgan fingerprint density at radius 3 is 2.05 bits per heavy atom. The summed E-state index contributed by atoms with van der Waals surface area (Å²) in [5.74, 6) is 0.250. The van der Waals surface area contributed by atoms with Gasteiger partial charge in [0.25, 0.3) is 0 Å². The number of benzene rings is 6. The van der Waals surface area contributed by atoms with Crippen LogP contribution in [0, 0.1) is 0 Å². The normalized spacial score (nSPS) is 15.8. The molecule has 0 spiro atoms. The lowest BCUT2D eigenvalue weighted by Crippen LogP contribution is -2.28. The van der Waals surface area contributed by atoms with Gasteiger partial charge in [0.2, 0.25) is 0 Å². The van der Waals surface area contributed by atoms with Crippen LogP contribution >= 0.6 is 0 Å². The summed E-state index contributed by atoms with van der Waals surface area (Å²) in [4.78, 5) is 11.2. The minimum Gasteiger partial charge on any atom is -0.353 e. The number of hydrogen-bond acceptors (Lipinski definition) is 2. The van der Waals surface area contributed by atoms with Crippen molar-refractivity contribution < 1.29 is 0 Å². The molecule has 0 saturated carbocycles. The molecule has 6 aromatic carbocycles. The third-order valence-corrected chi connectivity index (χ3v) is 11.3. The zero-order valence-corrected chi connectivity index (χ0v) is 30.0. The van der Waals surface area contributed by atoms with Gasteiger partial charge >= 0.3 is 0 Å². The summed E-state index contributed by atoms with van der Waals surface area (Å²) in [5.41, 5.74) is 16.0. The predicted octanol–water partition coefficient (Wildman–Crippen LogP) is 12.9. The van der Waals surface area contributed by atoms with Crippen molar-refractivity contribution in [2.45, 2.75) is 12.0 Å². The van der Waals surface area contributed by atoms with Crippen molar-refractivity contribution in [3.8, 4) is 50.7 Å². The number of rotatable bonds is 6. The van der Waals surface area contributed by atoms with Gasteiger partial charge in [0.05, 0.1) is 34.2 Å². The highest BCUT2D eigenvalue weighted by atomic mass is 15.2. The number of pyridine rings is 1. The maximum absolute atomic E-state index is 5.14. The highest BCUT2D eigenvalue weighted by molar-refractivity contribution is 6.10. The molecule has 2 atom stereocenters. The average Bonchev–Trinajstić information content (AvgIpc) is 3.97. The molecular formula is C51H36N4. The zero-order chi connectivity index (χ0) is 36.3. The molecule has 260 valence electrons. The SMILES string of the molecule is C1=CC2c3cc(-c4ccc5c(c4)c4ccccc4n5-c4ccccc4)ccc3N(c3cccc(-c4cccc(-c5ccc(-c6ccccc6)[nH]5)n4)c3)C2C=C1. The van der Waals surface area contributed by atoms with Gasteiger partial charge in [-0.25, -0.2) is 4.98 Å². The van der Waals surface area contributed by atoms with Crippen LogP contribution in [0.3, 0.4) is 0 Å². The minimum absolute atomic E-state index is 0.187. The smallest absolute Gasteiger partial charge is 0.0872 e. The second-order valence-corrected chi connectivity index (χ2v) is 14.5. The number of aromatic nitrogens is 3. The van der Waals surface area contributed by atoms with Gasteiger partial charge in [-0.2, -0.15) is 0 Å². The Morgan fingerprint density at radius 2 is 1.15 bits per heavy atom. The first-order valence-electron chi connectivity index (χ1n) is 19.0. The van der Waals surface area contributed by atoms with Crippen LogP contribution < -0.4 is 4.90 Å². The topological polar surface area (TPSA) is 36.9 Å². The number of hydrogen-bond donors (Lipinski definition) is 1. The molecule has 55 heavy (non-hydrogen) atoms. The van der Waals surface area contributed by atoms with E-state index in [1.165, 1.54) is 49.9 Å². The summed E-state index contributed by atoms with van der Waals surface area (Å²) in [6, 6.07) is 63.3. The molecule has 4 heterocycles. The molecule has 0 fully saturated rings. The number of anilines is 2. The molecule has 0 bridgehead atoms. The molecular weight excluding hydrogens is 669 g/mol. The van der Waals surface area contributed by atoms with Crippen LogP contribution in [-0.2, 0) is 0 Å². The number of para-hydroxylation sites is 2. The van der Waals surface area contributed by atoms with Gasteiger partial charge in [-0.1, -0.05) is 121 Å². The van der Waals surface area contributed by atoms with Gasteiger partial charge in [0.1, 0.15) is 0 Å². The average molecular weight is 705 g/mol. The summed E-state index contributed by atoms with van der Waals surface area (Å²) in [7, 11) is 0. The van der Waals surface area contributed by atoms with E-state index >= 15 is 0 Å². The predicted molar refractivity (Wildman–Crippen MR) is 228 cm³/mol. The van der Waals surface area contributed by atoms with Gasteiger partial charge in [0, 0.05) is 45.0 Å². The second-order valence-electron chi connectivity index (χ2n) is 14.5. The van der Waals surface area contributed by atoms with Gasteiger partial charge in [-0.05, 0) is 101 Å². The van der Waals surface area contributed by atoms with Crippen molar-refractivity contribution in [2.75, 3.05) is 4.90 Å². The molecule has 1 aliphatic heterocycles. The maximum Gasteiger partial charge on any atom is 0.0872 e. The molecule has 4 nitrogen and oxygen atoms in total. The van der Waals surface area contributed by atoms with Crippen molar-refractivity contribution in [3.63, 3.8) is 0 Å². The summed E-state index contributed by atoms with van der Waals surface area (Å²) >= 11 is 0. The van der Waals surface area contributed by atoms with Crippen LogP contribution in [0.2, 0.25) is 0 Å². The molecule has 1 N–H and O–H groups in total. The van der Waals surface area contributed by atoms with Crippen LogP contribution in [-0.4, -0.2) is 20.6 Å². The number of H-pyrrole nitrogens is 1. The summed E-state index contributed by atoms with van der Waals surface area (Å²) in [6.07, 6.45) is 9.09. The van der Waals surface area contributed by atoms with E-state index in [2.05, 4.69) is 209 Å². The Bertz CT molecular complexity index is 2950. The Labute approximate surface area is 320 Å². The summed E-state index contributed by atoms with van der Waals surface area (Å²) in [5, 5.41) is 2.53. The first kappa shape index (κ1) is 31.4. The molecule has 3 aromatic heterocycles. The first-order valence-corrected chi connectivity index (χ1v) is 19.0. The van der Waals surface area contributed by atoms with E-state index in [9.17, 15) is 0 Å². The third-order valence-electron chi connectivity index (χ3n) is 11.3. The van der Waals surface area contributed by atoms with E-state index in [0.717, 1.165) is 39.6 Å². The van der Waals surface area contributed by atoms with E-state index in [-0.39, 0.29) is 12.0 Å². The van der Waals surface area contributed by atoms with Gasteiger partial charge in [0.15, 0.2) is 0 Å². The molecule has 0 saturated heterocycles. The Balaban J connectivity index is 0.955. The molecule has 0 amide bonds. The van der Waals surface area contributed by atoms with Gasteiger partial charge in [-0.3, -0.25) is 0 Å². The summed E-state index contributed by atoms with van der Waals surface area (Å²) in [6.45, 7) is 0. The van der Waals surface area contributed by atoms with Crippen molar-refractivity contribution in [1.82, 2.24) is 14.5 Å². The van der Waals surface area contributed by atoms with E-state index in [1.807, 2.05) is 6.07 Å². The van der Waals surface area contributed by atoms with Crippen molar-refractivity contribution in [2.24, 2.45) is 0 Å². The molecule has 11 rings (SSSR count).